The van der Waals surface area contributed by atoms with Gasteiger partial charge in [0.25, 0.3) is 5.91 Å². The molecule has 0 aliphatic heterocycles. The van der Waals surface area contributed by atoms with E-state index in [1.54, 1.807) is 18.2 Å². The van der Waals surface area contributed by atoms with Crippen molar-refractivity contribution in [3.63, 3.8) is 0 Å². The van der Waals surface area contributed by atoms with E-state index in [1.807, 2.05) is 31.2 Å². The molecule has 0 fully saturated rings. The Morgan fingerprint density at radius 1 is 1.06 bits per heavy atom. The number of hydrogen-bond donors (Lipinski definition) is 1. The number of nitrogens with one attached hydrogen (secondary N) is 1. The van der Waals surface area contributed by atoms with E-state index in [0.717, 1.165) is 11.3 Å². The normalized spacial score (nSPS) is 10.2. The summed E-state index contributed by atoms with van der Waals surface area (Å²) in [5.74, 6) is -0.272. The van der Waals surface area contributed by atoms with Crippen LogP contribution in [-0.2, 0) is 0 Å². The zero-order chi connectivity index (χ0) is 13.1. The fraction of sp³-hybridized carbons (Fsp3) is 0.0714. The Kier molecular flexibility index (Phi) is 3.90. The largest absolute Gasteiger partial charge is 0.322 e. The predicted molar refractivity (Wildman–Crippen MR) is 75.6 cm³/mol. The summed E-state index contributed by atoms with van der Waals surface area (Å²) in [5.41, 5.74) is 2.22. The minimum absolute atomic E-state index is 0.272. The van der Waals surface area contributed by atoms with E-state index in [-0.39, 0.29) is 5.91 Å². The minimum Gasteiger partial charge on any atom is -0.322 e. The molecule has 0 aliphatic carbocycles. The van der Waals surface area contributed by atoms with E-state index in [1.165, 1.54) is 0 Å². The Bertz CT molecular complexity index is 579. The van der Waals surface area contributed by atoms with E-state index >= 15 is 0 Å². The summed E-state index contributed by atoms with van der Waals surface area (Å²) in [5, 5.41) is 3.63. The van der Waals surface area contributed by atoms with Crippen molar-refractivity contribution in [3.8, 4) is 0 Å². The van der Waals surface area contributed by atoms with Gasteiger partial charge in [-0.15, -0.1) is 0 Å². The van der Waals surface area contributed by atoms with Crippen molar-refractivity contribution in [3.05, 3.63) is 63.6 Å². The Morgan fingerprint density at radius 3 is 2.39 bits per heavy atom. The standard InChI is InChI=1S/C14H11Cl2NO/c1-9-2-5-11(6-3-9)17-14(18)12-8-10(15)4-7-13(12)16/h2-8H,1H3,(H,17,18). The van der Waals surface area contributed by atoms with Gasteiger partial charge in [0.2, 0.25) is 0 Å². The molecule has 2 rings (SSSR count). The van der Waals surface area contributed by atoms with Gasteiger partial charge in [-0.3, -0.25) is 4.79 Å². The lowest BCUT2D eigenvalue weighted by molar-refractivity contribution is 0.102. The summed E-state index contributed by atoms with van der Waals surface area (Å²) in [7, 11) is 0. The van der Waals surface area contributed by atoms with E-state index in [9.17, 15) is 4.79 Å². The molecule has 0 heterocycles. The van der Waals surface area contributed by atoms with Crippen molar-refractivity contribution in [1.29, 1.82) is 0 Å². The molecular formula is C14H11Cl2NO. The molecule has 0 atom stereocenters. The monoisotopic (exact) mass is 279 g/mol. The van der Waals surface area contributed by atoms with Crippen LogP contribution in [0.25, 0.3) is 0 Å². The average Bonchev–Trinajstić information content (AvgIpc) is 2.35. The highest BCUT2D eigenvalue weighted by Crippen LogP contribution is 2.21. The van der Waals surface area contributed by atoms with Crippen LogP contribution in [0.1, 0.15) is 15.9 Å². The molecule has 4 heteroatoms. The second-order valence-corrected chi connectivity index (χ2v) is 4.79. The van der Waals surface area contributed by atoms with Crippen LogP contribution < -0.4 is 5.32 Å². The molecule has 2 aromatic rings. The SMILES string of the molecule is Cc1ccc(NC(=O)c2cc(Cl)ccc2Cl)cc1. The molecule has 2 aromatic carbocycles. The molecule has 0 bridgehead atoms. The fourth-order valence-corrected chi connectivity index (χ4v) is 1.88. The van der Waals surface area contributed by atoms with E-state index < -0.39 is 0 Å². The molecule has 0 saturated heterocycles. The van der Waals surface area contributed by atoms with Gasteiger partial charge in [0.1, 0.15) is 0 Å². The van der Waals surface area contributed by atoms with Crippen molar-refractivity contribution >= 4 is 34.8 Å². The molecule has 0 aliphatic rings. The Morgan fingerprint density at radius 2 is 1.72 bits per heavy atom. The van der Waals surface area contributed by atoms with Crippen molar-refractivity contribution in [2.24, 2.45) is 0 Å². The highest BCUT2D eigenvalue weighted by Gasteiger charge is 2.11. The zero-order valence-electron chi connectivity index (χ0n) is 9.71. The van der Waals surface area contributed by atoms with Gasteiger partial charge in [0, 0.05) is 10.7 Å². The molecule has 0 aromatic heterocycles. The highest BCUT2D eigenvalue weighted by atomic mass is 35.5. The first-order chi connectivity index (χ1) is 8.56. The van der Waals surface area contributed by atoms with Crippen molar-refractivity contribution in [1.82, 2.24) is 0 Å². The summed E-state index contributed by atoms with van der Waals surface area (Å²) < 4.78 is 0. The Labute approximate surface area is 116 Å². The average molecular weight is 280 g/mol. The van der Waals surface area contributed by atoms with Crippen LogP contribution in [0.2, 0.25) is 10.0 Å². The van der Waals surface area contributed by atoms with Gasteiger partial charge in [0.15, 0.2) is 0 Å². The molecule has 92 valence electrons. The van der Waals surface area contributed by atoms with Gasteiger partial charge in [-0.25, -0.2) is 0 Å². The molecular weight excluding hydrogens is 269 g/mol. The summed E-state index contributed by atoms with van der Waals surface area (Å²) in [6.07, 6.45) is 0. The third-order valence-electron chi connectivity index (χ3n) is 2.48. The lowest BCUT2D eigenvalue weighted by Gasteiger charge is -2.07. The smallest absolute Gasteiger partial charge is 0.257 e. The highest BCUT2D eigenvalue weighted by molar-refractivity contribution is 6.36. The maximum atomic E-state index is 12.0. The Balaban J connectivity index is 2.21. The number of carbonyl (C=O) groups is 1. The van der Waals surface area contributed by atoms with Gasteiger partial charge < -0.3 is 5.32 Å². The van der Waals surface area contributed by atoms with E-state index in [2.05, 4.69) is 5.32 Å². The van der Waals surface area contributed by atoms with Crippen LogP contribution in [0.3, 0.4) is 0 Å². The molecule has 2 nitrogen and oxygen atoms in total. The summed E-state index contributed by atoms with van der Waals surface area (Å²) in [4.78, 5) is 12.0. The maximum absolute atomic E-state index is 12.0. The predicted octanol–water partition coefficient (Wildman–Crippen LogP) is 4.55. The van der Waals surface area contributed by atoms with Gasteiger partial charge in [-0.2, -0.15) is 0 Å². The first kappa shape index (κ1) is 12.9. The lowest BCUT2D eigenvalue weighted by atomic mass is 10.2. The van der Waals surface area contributed by atoms with Gasteiger partial charge in [-0.05, 0) is 37.3 Å². The number of anilines is 1. The molecule has 1 amide bonds. The van der Waals surface area contributed by atoms with Crippen molar-refractivity contribution in [2.45, 2.75) is 6.92 Å². The molecule has 0 radical (unpaired) electrons. The number of halogens is 2. The van der Waals surface area contributed by atoms with Crippen LogP contribution in [0, 0.1) is 6.92 Å². The molecule has 0 spiro atoms. The van der Waals surface area contributed by atoms with E-state index in [0.29, 0.717) is 15.6 Å². The number of benzene rings is 2. The minimum atomic E-state index is -0.272. The van der Waals surface area contributed by atoms with Crippen LogP contribution in [0.5, 0.6) is 0 Å². The number of aryl methyl sites for hydroxylation is 1. The van der Waals surface area contributed by atoms with Crippen LogP contribution in [0.15, 0.2) is 42.5 Å². The number of carbonyl (C=O) groups excluding carboxylic acids is 1. The van der Waals surface area contributed by atoms with Crippen LogP contribution in [0.4, 0.5) is 5.69 Å². The second-order valence-electron chi connectivity index (χ2n) is 3.94. The number of hydrogen-bond acceptors (Lipinski definition) is 1. The topological polar surface area (TPSA) is 29.1 Å². The van der Waals surface area contributed by atoms with Gasteiger partial charge >= 0.3 is 0 Å². The van der Waals surface area contributed by atoms with E-state index in [4.69, 9.17) is 23.2 Å². The molecule has 18 heavy (non-hydrogen) atoms. The van der Waals surface area contributed by atoms with Crippen LogP contribution >= 0.6 is 23.2 Å². The van der Waals surface area contributed by atoms with Crippen LogP contribution in [-0.4, -0.2) is 5.91 Å². The fourth-order valence-electron chi connectivity index (χ4n) is 1.51. The second kappa shape index (κ2) is 5.42. The van der Waals surface area contributed by atoms with Gasteiger partial charge in [-0.1, -0.05) is 40.9 Å². The number of amides is 1. The lowest BCUT2D eigenvalue weighted by Crippen LogP contribution is -2.12. The molecule has 0 unspecified atom stereocenters. The first-order valence-electron chi connectivity index (χ1n) is 5.39. The third kappa shape index (κ3) is 3.03. The zero-order valence-corrected chi connectivity index (χ0v) is 11.2. The van der Waals surface area contributed by atoms with Crippen molar-refractivity contribution in [2.75, 3.05) is 5.32 Å². The quantitative estimate of drug-likeness (QED) is 0.858. The summed E-state index contributed by atoms with van der Waals surface area (Å²) in [6.45, 7) is 1.99. The van der Waals surface area contributed by atoms with Crippen molar-refractivity contribution < 1.29 is 4.79 Å². The Hall–Kier alpha value is -1.51. The maximum Gasteiger partial charge on any atom is 0.257 e. The first-order valence-corrected chi connectivity index (χ1v) is 6.15. The third-order valence-corrected chi connectivity index (χ3v) is 3.05. The summed E-state index contributed by atoms with van der Waals surface area (Å²) in [6, 6.07) is 12.3. The molecule has 0 saturated carbocycles. The molecule has 1 N–H and O–H groups in total. The summed E-state index contributed by atoms with van der Waals surface area (Å²) >= 11 is 11.8. The number of rotatable bonds is 2. The van der Waals surface area contributed by atoms with Gasteiger partial charge in [0.05, 0.1) is 10.6 Å².